The number of alkyl carbamates (subject to hydrolysis) is 1. The van der Waals surface area contributed by atoms with Crippen molar-refractivity contribution in [1.82, 2.24) is 10.3 Å². The van der Waals surface area contributed by atoms with E-state index in [1.165, 1.54) is 4.90 Å². The Morgan fingerprint density at radius 1 is 1.39 bits per heavy atom. The molecule has 0 unspecified atom stereocenters. The number of hydrogen-bond donors (Lipinski definition) is 3. The molecular formula is C20H27N5O6. The number of ether oxygens (including phenoxy) is 3. The van der Waals surface area contributed by atoms with E-state index in [4.69, 9.17) is 19.9 Å². The largest absolute Gasteiger partial charge is 0.480 e. The van der Waals surface area contributed by atoms with E-state index in [1.54, 1.807) is 32.9 Å². The third-order valence-corrected chi connectivity index (χ3v) is 5.48. The molecule has 3 heterocycles. The Morgan fingerprint density at radius 2 is 2.16 bits per heavy atom. The van der Waals surface area contributed by atoms with Gasteiger partial charge in [-0.3, -0.25) is 9.69 Å². The van der Waals surface area contributed by atoms with E-state index in [-0.39, 0.29) is 30.9 Å². The topological polar surface area (TPSA) is 145 Å². The van der Waals surface area contributed by atoms with Crippen molar-refractivity contribution >= 4 is 29.7 Å². The number of pyridine rings is 1. The molecule has 31 heavy (non-hydrogen) atoms. The minimum absolute atomic E-state index is 0.0822. The van der Waals surface area contributed by atoms with Crippen molar-refractivity contribution in [3.63, 3.8) is 0 Å². The fraction of sp³-hybridized carbons (Fsp3) is 0.600. The maximum absolute atomic E-state index is 12.8. The average molecular weight is 433 g/mol. The van der Waals surface area contributed by atoms with Crippen LogP contribution in [0, 0.1) is 0 Å². The second kappa shape index (κ2) is 7.56. The van der Waals surface area contributed by atoms with Crippen molar-refractivity contribution in [2.75, 3.05) is 23.4 Å². The molecule has 3 amide bonds. The zero-order valence-corrected chi connectivity index (χ0v) is 17.8. The van der Waals surface area contributed by atoms with E-state index < -0.39 is 29.4 Å². The van der Waals surface area contributed by atoms with Crippen molar-refractivity contribution < 1.29 is 28.6 Å². The van der Waals surface area contributed by atoms with Crippen molar-refractivity contribution in [1.29, 1.82) is 0 Å². The van der Waals surface area contributed by atoms with Gasteiger partial charge in [-0.2, -0.15) is 0 Å². The molecular weight excluding hydrogens is 406 g/mol. The van der Waals surface area contributed by atoms with Crippen LogP contribution in [0.25, 0.3) is 0 Å². The number of nitrogens with zero attached hydrogens (tertiary/aromatic N) is 2. The number of nitrogens with two attached hydrogens (primary N) is 1. The average Bonchev–Trinajstić information content (AvgIpc) is 3.00. The lowest BCUT2D eigenvalue weighted by Gasteiger charge is -2.41. The number of aromatic nitrogens is 1. The van der Waals surface area contributed by atoms with Gasteiger partial charge in [-0.05, 0) is 52.2 Å². The van der Waals surface area contributed by atoms with Gasteiger partial charge < -0.3 is 30.6 Å². The van der Waals surface area contributed by atoms with Crippen LogP contribution in [0.4, 0.5) is 21.2 Å². The Morgan fingerprint density at radius 3 is 2.90 bits per heavy atom. The van der Waals surface area contributed by atoms with Gasteiger partial charge in [0.15, 0.2) is 23.8 Å². The van der Waals surface area contributed by atoms with Gasteiger partial charge in [0.05, 0.1) is 12.6 Å². The first-order valence-electron chi connectivity index (χ1n) is 10.2. The third-order valence-electron chi connectivity index (χ3n) is 5.48. The third kappa shape index (κ3) is 4.36. The highest BCUT2D eigenvalue weighted by atomic mass is 16.6. The van der Waals surface area contributed by atoms with E-state index in [0.717, 1.165) is 0 Å². The molecule has 3 atom stereocenters. The summed E-state index contributed by atoms with van der Waals surface area (Å²) < 4.78 is 16.5. The van der Waals surface area contributed by atoms with Crippen LogP contribution < -0.4 is 26.0 Å². The SMILES string of the molecule is CC(C)(C)OC(=O)N[C@@H]1C[C@@H](N)CC[C@@]12CN(c1ccc3c(n1)NC(=O)CO3)C(=O)O2. The molecule has 1 saturated carbocycles. The molecule has 1 spiro atoms. The first-order chi connectivity index (χ1) is 14.5. The van der Waals surface area contributed by atoms with Gasteiger partial charge >= 0.3 is 12.2 Å². The van der Waals surface area contributed by atoms with E-state index in [2.05, 4.69) is 15.6 Å². The standard InChI is InChI=1S/C20H27N5O6/c1-19(2,3)30-17(27)22-13-8-11(21)6-7-20(13)10-25(18(28)31-20)14-5-4-12-16(23-14)24-15(26)9-29-12/h4-5,11,13H,6-10,21H2,1-3H3,(H,22,27)(H,23,24,26)/t11-,13+,20+/m0/s1. The fourth-order valence-corrected chi connectivity index (χ4v) is 4.06. The molecule has 0 aromatic carbocycles. The molecule has 1 aliphatic carbocycles. The summed E-state index contributed by atoms with van der Waals surface area (Å²) in [5.74, 6) is 0.674. The summed E-state index contributed by atoms with van der Waals surface area (Å²) in [7, 11) is 0. The molecule has 1 aromatic heterocycles. The molecule has 4 rings (SSSR count). The Labute approximate surface area is 179 Å². The van der Waals surface area contributed by atoms with E-state index >= 15 is 0 Å². The Balaban J connectivity index is 1.56. The van der Waals surface area contributed by atoms with Crippen LogP contribution in [0.3, 0.4) is 0 Å². The highest BCUT2D eigenvalue weighted by Crippen LogP contribution is 2.39. The van der Waals surface area contributed by atoms with Gasteiger partial charge in [0.2, 0.25) is 0 Å². The van der Waals surface area contributed by atoms with Gasteiger partial charge in [-0.25, -0.2) is 14.6 Å². The van der Waals surface area contributed by atoms with Gasteiger partial charge in [0.25, 0.3) is 5.91 Å². The zero-order chi connectivity index (χ0) is 22.4. The number of amides is 3. The number of nitrogens with one attached hydrogen (secondary N) is 2. The number of anilines is 2. The first-order valence-corrected chi connectivity index (χ1v) is 10.2. The summed E-state index contributed by atoms with van der Waals surface area (Å²) in [5.41, 5.74) is 4.52. The number of carbonyl (C=O) groups is 3. The van der Waals surface area contributed by atoms with Gasteiger partial charge in [0.1, 0.15) is 11.4 Å². The number of rotatable bonds is 2. The summed E-state index contributed by atoms with van der Waals surface area (Å²) in [6, 6.07) is 2.62. The molecule has 1 saturated heterocycles. The Hall–Kier alpha value is -3.08. The van der Waals surface area contributed by atoms with Crippen LogP contribution in [0.5, 0.6) is 5.75 Å². The molecule has 0 bridgehead atoms. The van der Waals surface area contributed by atoms with Crippen LogP contribution >= 0.6 is 0 Å². The summed E-state index contributed by atoms with van der Waals surface area (Å²) in [5, 5.41) is 5.47. The second-order valence-corrected chi connectivity index (χ2v) is 9.11. The molecule has 11 nitrogen and oxygen atoms in total. The minimum Gasteiger partial charge on any atom is -0.480 e. The maximum Gasteiger partial charge on any atom is 0.416 e. The smallest absolute Gasteiger partial charge is 0.416 e. The summed E-state index contributed by atoms with van der Waals surface area (Å²) in [6.07, 6.45) is 0.410. The van der Waals surface area contributed by atoms with Crippen LogP contribution in [-0.4, -0.2) is 59.5 Å². The molecule has 4 N–H and O–H groups in total. The fourth-order valence-electron chi connectivity index (χ4n) is 4.06. The normalized spacial score (nSPS) is 27.8. The van der Waals surface area contributed by atoms with E-state index in [0.29, 0.717) is 30.8 Å². The van der Waals surface area contributed by atoms with Gasteiger partial charge in [-0.1, -0.05) is 0 Å². The Bertz CT molecular complexity index is 916. The monoisotopic (exact) mass is 433 g/mol. The van der Waals surface area contributed by atoms with Crippen molar-refractivity contribution in [3.8, 4) is 5.75 Å². The molecule has 1 aromatic rings. The number of carbonyl (C=O) groups excluding carboxylic acids is 3. The molecule has 11 heteroatoms. The van der Waals surface area contributed by atoms with Gasteiger partial charge in [-0.15, -0.1) is 0 Å². The lowest BCUT2D eigenvalue weighted by molar-refractivity contribution is -0.118. The Kier molecular flexibility index (Phi) is 5.16. The highest BCUT2D eigenvalue weighted by molar-refractivity contribution is 5.95. The number of hydrogen-bond acceptors (Lipinski definition) is 8. The molecule has 168 valence electrons. The van der Waals surface area contributed by atoms with Crippen LogP contribution in [0.2, 0.25) is 0 Å². The second-order valence-electron chi connectivity index (χ2n) is 9.11. The summed E-state index contributed by atoms with van der Waals surface area (Å²) in [4.78, 5) is 42.5. The molecule has 0 radical (unpaired) electrons. The summed E-state index contributed by atoms with van der Waals surface area (Å²) >= 11 is 0. The zero-order valence-electron chi connectivity index (χ0n) is 17.8. The van der Waals surface area contributed by atoms with Gasteiger partial charge in [0, 0.05) is 6.04 Å². The van der Waals surface area contributed by atoms with Crippen LogP contribution in [-0.2, 0) is 14.3 Å². The predicted octanol–water partition coefficient (Wildman–Crippen LogP) is 1.51. The minimum atomic E-state index is -0.957. The predicted molar refractivity (Wildman–Crippen MR) is 110 cm³/mol. The van der Waals surface area contributed by atoms with Crippen LogP contribution in [0.15, 0.2) is 12.1 Å². The molecule has 2 aliphatic heterocycles. The summed E-state index contributed by atoms with van der Waals surface area (Å²) in [6.45, 7) is 5.42. The quantitative estimate of drug-likeness (QED) is 0.636. The van der Waals surface area contributed by atoms with Crippen molar-refractivity contribution in [3.05, 3.63) is 12.1 Å². The van der Waals surface area contributed by atoms with E-state index in [1.807, 2.05) is 0 Å². The number of fused-ring (bicyclic) bond motifs is 1. The lowest BCUT2D eigenvalue weighted by atomic mass is 9.78. The molecule has 2 fully saturated rings. The lowest BCUT2D eigenvalue weighted by Crippen LogP contribution is -2.60. The van der Waals surface area contributed by atoms with Crippen LogP contribution in [0.1, 0.15) is 40.0 Å². The van der Waals surface area contributed by atoms with Crippen molar-refractivity contribution in [2.45, 2.75) is 63.3 Å². The molecule has 3 aliphatic rings. The maximum atomic E-state index is 12.8. The van der Waals surface area contributed by atoms with Crippen molar-refractivity contribution in [2.24, 2.45) is 5.73 Å². The first kappa shape index (κ1) is 21.2. The highest BCUT2D eigenvalue weighted by Gasteiger charge is 2.54. The van der Waals surface area contributed by atoms with E-state index in [9.17, 15) is 14.4 Å².